The van der Waals surface area contributed by atoms with Crippen molar-refractivity contribution >= 4 is 0 Å². The van der Waals surface area contributed by atoms with Crippen molar-refractivity contribution in [1.82, 2.24) is 0 Å². The second kappa shape index (κ2) is 3.88. The van der Waals surface area contributed by atoms with Crippen LogP contribution >= 0.6 is 0 Å². The van der Waals surface area contributed by atoms with E-state index in [1.54, 1.807) is 0 Å². The van der Waals surface area contributed by atoms with Crippen LogP contribution in [0.5, 0.6) is 0 Å². The molecule has 0 radical (unpaired) electrons. The van der Waals surface area contributed by atoms with Gasteiger partial charge in [-0.3, -0.25) is 0 Å². The molecule has 0 aliphatic heterocycles. The van der Waals surface area contributed by atoms with Crippen LogP contribution in [0.15, 0.2) is 0 Å². The van der Waals surface area contributed by atoms with Gasteiger partial charge in [0, 0.05) is 0 Å². The van der Waals surface area contributed by atoms with E-state index in [0.717, 1.165) is 0 Å². The van der Waals surface area contributed by atoms with E-state index in [1.165, 1.54) is 0 Å². The van der Waals surface area contributed by atoms with Crippen molar-refractivity contribution in [2.75, 3.05) is 0 Å². The van der Waals surface area contributed by atoms with E-state index in [1.807, 2.05) is 0 Å². The standard InChI is InChI=1S/C4H11N.Mn.4O/c1-4(2,3)5;;;;;/h5H2,1-3H3;;;;;/q;;;;;-1/p+1. The molecule has 0 aliphatic carbocycles. The van der Waals surface area contributed by atoms with Gasteiger partial charge in [-0.2, -0.15) is 0 Å². The molecular formula is C4H12MnNO4. The third-order valence-corrected chi connectivity index (χ3v) is 0. The molecule has 6 heteroatoms. The third-order valence-electron chi connectivity index (χ3n) is 0. The van der Waals surface area contributed by atoms with Crippen molar-refractivity contribution < 1.29 is 34.4 Å². The molecule has 0 aromatic rings. The molecule has 5 nitrogen and oxygen atoms in total. The van der Waals surface area contributed by atoms with Crippen LogP contribution in [0.2, 0.25) is 0 Å². The van der Waals surface area contributed by atoms with Crippen LogP contribution in [0, 0.1) is 0 Å². The Bertz CT molecular complexity index is 195. The molecule has 10 heavy (non-hydrogen) atoms. The van der Waals surface area contributed by atoms with Gasteiger partial charge in [-0.15, -0.1) is 0 Å². The van der Waals surface area contributed by atoms with E-state index in [0.29, 0.717) is 0 Å². The summed E-state index contributed by atoms with van der Waals surface area (Å²) in [6.07, 6.45) is 0. The van der Waals surface area contributed by atoms with Crippen LogP contribution in [0.3, 0.4) is 0 Å². The normalized spacial score (nSPS) is 11.7. The molecule has 0 aliphatic rings. The summed E-state index contributed by atoms with van der Waals surface area (Å²) in [5, 5.41) is 0. The van der Waals surface area contributed by atoms with Crippen LogP contribution in [0.25, 0.3) is 0 Å². The molecule has 0 atom stereocenters. The summed E-state index contributed by atoms with van der Waals surface area (Å²) in [6, 6.07) is 0. The average molecular weight is 193 g/mol. The second-order valence-electron chi connectivity index (χ2n) is 2.94. The Morgan fingerprint density at radius 2 is 1.20 bits per heavy atom. The quantitative estimate of drug-likeness (QED) is 0.472. The number of hydrogen-bond donors (Lipinski definition) is 1. The fourth-order valence-corrected chi connectivity index (χ4v) is 0. The molecule has 0 saturated heterocycles. The van der Waals surface area contributed by atoms with E-state index in [-0.39, 0.29) is 5.54 Å². The summed E-state index contributed by atoms with van der Waals surface area (Å²) in [4.78, 5) is 0. The molecule has 0 aromatic carbocycles. The second-order valence-corrected chi connectivity index (χ2v) is 4.12. The van der Waals surface area contributed by atoms with Crippen LogP contribution in [-0.4, -0.2) is 5.54 Å². The van der Waals surface area contributed by atoms with Crippen molar-refractivity contribution in [2.24, 2.45) is 0 Å². The Morgan fingerprint density at radius 1 is 1.20 bits per heavy atom. The van der Waals surface area contributed by atoms with Gasteiger partial charge in [-0.25, -0.2) is 0 Å². The van der Waals surface area contributed by atoms with Crippen molar-refractivity contribution in [3.63, 3.8) is 0 Å². The van der Waals surface area contributed by atoms with Gasteiger partial charge < -0.3 is 5.73 Å². The first-order chi connectivity index (χ1) is 4.00. The maximum absolute atomic E-state index is 8.58. The third kappa shape index (κ3) is 14200. The molecule has 0 rings (SSSR count). The van der Waals surface area contributed by atoms with Gasteiger partial charge in [0.2, 0.25) is 0 Å². The van der Waals surface area contributed by atoms with Crippen LogP contribution < -0.4 is 9.92 Å². The van der Waals surface area contributed by atoms with E-state index < -0.39 is 13.0 Å². The van der Waals surface area contributed by atoms with E-state index >= 15 is 0 Å². The molecule has 0 amide bonds. The fourth-order valence-electron chi connectivity index (χ4n) is 0. The molecule has 64 valence electrons. The van der Waals surface area contributed by atoms with Gasteiger partial charge in [-0.1, -0.05) is 0 Å². The van der Waals surface area contributed by atoms with Crippen molar-refractivity contribution in [3.8, 4) is 0 Å². The summed E-state index contributed by atoms with van der Waals surface area (Å²) in [5.41, 5.74) is 4.02. The number of rotatable bonds is 0. The number of hydrogen-bond acceptors (Lipinski definition) is 4. The summed E-state index contributed by atoms with van der Waals surface area (Å²) in [6.45, 7) is 6.23. The number of quaternary nitrogens is 1. The first kappa shape index (κ1) is 12.5. The van der Waals surface area contributed by atoms with Crippen LogP contribution in [0.4, 0.5) is 0 Å². The minimum atomic E-state index is -5.62. The predicted molar refractivity (Wildman–Crippen MR) is 24.7 cm³/mol. The summed E-state index contributed by atoms with van der Waals surface area (Å²) >= 11 is -5.62. The van der Waals surface area contributed by atoms with Gasteiger partial charge in [0.25, 0.3) is 0 Å². The van der Waals surface area contributed by atoms with E-state index in [9.17, 15) is 0 Å². The topological polar surface area (TPSA) is 102 Å². The zero-order valence-corrected chi connectivity index (χ0v) is 7.40. The zero-order chi connectivity index (χ0) is 9.00. The summed E-state index contributed by atoms with van der Waals surface area (Å²) in [5.74, 6) is 0. The molecular weight excluding hydrogens is 181 g/mol. The summed E-state index contributed by atoms with van der Waals surface area (Å²) < 4.78 is 34.3. The van der Waals surface area contributed by atoms with Crippen LogP contribution in [-0.2, 0) is 24.5 Å². The Hall–Kier alpha value is -0.161. The fraction of sp³-hybridized carbons (Fsp3) is 1.00. The molecule has 0 spiro atoms. The van der Waals surface area contributed by atoms with E-state index in [2.05, 4.69) is 26.5 Å². The predicted octanol–water partition coefficient (Wildman–Crippen LogP) is -1.52. The summed E-state index contributed by atoms with van der Waals surface area (Å²) in [7, 11) is 0. The Morgan fingerprint density at radius 3 is 1.20 bits per heavy atom. The zero-order valence-electron chi connectivity index (χ0n) is 6.22. The monoisotopic (exact) mass is 193 g/mol. The van der Waals surface area contributed by atoms with Crippen molar-refractivity contribution in [2.45, 2.75) is 26.3 Å². The van der Waals surface area contributed by atoms with Gasteiger partial charge in [-0.05, 0) is 20.8 Å². The Labute approximate surface area is 61.4 Å². The van der Waals surface area contributed by atoms with Gasteiger partial charge in [0.15, 0.2) is 0 Å². The van der Waals surface area contributed by atoms with Gasteiger partial charge in [0.1, 0.15) is 0 Å². The van der Waals surface area contributed by atoms with Crippen molar-refractivity contribution in [3.05, 3.63) is 0 Å². The van der Waals surface area contributed by atoms with Gasteiger partial charge >= 0.3 is 28.7 Å². The Balaban J connectivity index is 0. The average Bonchev–Trinajstić information content (AvgIpc) is 1.12. The molecule has 0 saturated carbocycles. The SMILES string of the molecule is CC(C)(C)[NH3+].[O]=[Mn](=[O])(=[O])[O-]. The molecule has 0 aromatic heterocycles. The van der Waals surface area contributed by atoms with E-state index in [4.69, 9.17) is 15.7 Å². The molecule has 0 unspecified atom stereocenters. The molecule has 0 fully saturated rings. The first-order valence-corrected chi connectivity index (χ1v) is 4.40. The Kier molecular flexibility index (Phi) is 4.85. The molecule has 0 heterocycles. The van der Waals surface area contributed by atoms with Crippen LogP contribution in [0.1, 0.15) is 20.8 Å². The first-order valence-electron chi connectivity index (χ1n) is 2.47. The van der Waals surface area contributed by atoms with Crippen molar-refractivity contribution in [1.29, 1.82) is 0 Å². The molecule has 0 bridgehead atoms. The molecule has 3 N–H and O–H groups in total. The minimum absolute atomic E-state index is 0.250. The maximum atomic E-state index is 8.58. The van der Waals surface area contributed by atoms with Gasteiger partial charge in [0.05, 0.1) is 5.54 Å².